The molecule has 0 bridgehead atoms. The van der Waals surface area contributed by atoms with Gasteiger partial charge in [-0.1, -0.05) is 0 Å². The fourth-order valence-corrected chi connectivity index (χ4v) is 2.76. The van der Waals surface area contributed by atoms with Crippen LogP contribution in [-0.2, 0) is 0 Å². The Bertz CT molecular complexity index is 746. The van der Waals surface area contributed by atoms with Crippen LogP contribution in [0.5, 0.6) is 0 Å². The number of rotatable bonds is 2. The van der Waals surface area contributed by atoms with Crippen LogP contribution in [0.3, 0.4) is 0 Å². The number of likely N-dealkylation sites (N-methyl/N-ethyl adjacent to an activating group) is 1. The van der Waals surface area contributed by atoms with Crippen molar-refractivity contribution in [1.29, 1.82) is 10.8 Å². The molecular formula is C13H16BrN7. The van der Waals surface area contributed by atoms with Crippen LogP contribution in [0.25, 0.3) is 11.2 Å². The summed E-state index contributed by atoms with van der Waals surface area (Å²) in [5, 5.41) is 15.9. The molecule has 21 heavy (non-hydrogen) atoms. The van der Waals surface area contributed by atoms with Gasteiger partial charge in [0, 0.05) is 36.8 Å². The molecule has 1 aliphatic heterocycles. The molecule has 7 nitrogen and oxygen atoms in total. The van der Waals surface area contributed by atoms with E-state index in [4.69, 9.17) is 10.8 Å². The maximum Gasteiger partial charge on any atom is 0.178 e. The predicted octanol–water partition coefficient (Wildman–Crippen LogP) is 0.880. The first-order valence-electron chi connectivity index (χ1n) is 6.66. The second kappa shape index (κ2) is 5.53. The number of fused-ring (bicyclic) bond motifs is 1. The summed E-state index contributed by atoms with van der Waals surface area (Å²) in [7, 11) is 2.09. The Morgan fingerprint density at radius 1 is 1.29 bits per heavy atom. The lowest BCUT2D eigenvalue weighted by Gasteiger charge is -2.33. The van der Waals surface area contributed by atoms with Gasteiger partial charge in [-0.2, -0.15) is 0 Å². The quantitative estimate of drug-likeness (QED) is 0.622. The average Bonchev–Trinajstić information content (AvgIpc) is 2.48. The molecule has 0 aliphatic carbocycles. The van der Waals surface area contributed by atoms with E-state index >= 15 is 0 Å². The second-order valence-corrected chi connectivity index (χ2v) is 5.99. The summed E-state index contributed by atoms with van der Waals surface area (Å²) < 4.78 is 2.31. The van der Waals surface area contributed by atoms with Gasteiger partial charge in [0.2, 0.25) is 0 Å². The zero-order valence-corrected chi connectivity index (χ0v) is 13.3. The molecule has 0 unspecified atom stereocenters. The number of aromatic nitrogens is 3. The van der Waals surface area contributed by atoms with Crippen molar-refractivity contribution < 1.29 is 0 Å². The lowest BCUT2D eigenvalue weighted by Crippen LogP contribution is -2.47. The van der Waals surface area contributed by atoms with Gasteiger partial charge < -0.3 is 9.80 Å². The highest BCUT2D eigenvalue weighted by Gasteiger charge is 2.19. The van der Waals surface area contributed by atoms with Gasteiger partial charge in [0.25, 0.3) is 0 Å². The average molecular weight is 350 g/mol. The van der Waals surface area contributed by atoms with E-state index in [1.54, 1.807) is 6.20 Å². The molecule has 0 aromatic carbocycles. The van der Waals surface area contributed by atoms with Gasteiger partial charge in [-0.05, 0) is 29.0 Å². The van der Waals surface area contributed by atoms with Gasteiger partial charge in [0.05, 0.1) is 11.9 Å². The molecule has 2 N–H and O–H groups in total. The number of nitrogens with zero attached hydrogens (tertiary/aromatic N) is 5. The van der Waals surface area contributed by atoms with Crippen molar-refractivity contribution in [3.05, 3.63) is 22.2 Å². The maximum absolute atomic E-state index is 8.34. The third-order valence-electron chi connectivity index (χ3n) is 3.67. The van der Waals surface area contributed by atoms with Crippen LogP contribution in [0.4, 0.5) is 5.82 Å². The fraction of sp³-hybridized carbons (Fsp3) is 0.385. The number of anilines is 1. The molecule has 3 rings (SSSR count). The van der Waals surface area contributed by atoms with E-state index < -0.39 is 0 Å². The Morgan fingerprint density at radius 3 is 2.67 bits per heavy atom. The largest absolute Gasteiger partial charge is 0.351 e. The Labute approximate surface area is 130 Å². The highest BCUT2D eigenvalue weighted by molar-refractivity contribution is 9.10. The zero-order chi connectivity index (χ0) is 15.0. The van der Waals surface area contributed by atoms with Gasteiger partial charge in [0.15, 0.2) is 17.0 Å². The minimum absolute atomic E-state index is 0.224. The van der Waals surface area contributed by atoms with Crippen LogP contribution in [0.15, 0.2) is 16.7 Å². The molecule has 1 fully saturated rings. The van der Waals surface area contributed by atoms with E-state index in [0.29, 0.717) is 17.0 Å². The van der Waals surface area contributed by atoms with Crippen LogP contribution in [-0.4, -0.2) is 59.0 Å². The van der Waals surface area contributed by atoms with Crippen LogP contribution in [0, 0.1) is 10.8 Å². The number of piperazine rings is 1. The summed E-state index contributed by atoms with van der Waals surface area (Å²) in [6, 6.07) is 1.83. The van der Waals surface area contributed by atoms with E-state index in [1.165, 1.54) is 4.57 Å². The summed E-state index contributed by atoms with van der Waals surface area (Å²) in [5.41, 5.74) is 1.43. The molecule has 0 atom stereocenters. The standard InChI is InChI=1S/C13H16BrN7/c1-19-2-4-20(5-3-19)13-11(16)21(8-15)10-6-9(14)7-17-12(10)18-13/h6-8,15-16H,2-5H2,1H3. The highest BCUT2D eigenvalue weighted by Crippen LogP contribution is 2.17. The fourth-order valence-electron chi connectivity index (χ4n) is 2.44. The topological polar surface area (TPSA) is 84.9 Å². The molecule has 0 spiro atoms. The second-order valence-electron chi connectivity index (χ2n) is 5.07. The SMILES string of the molecule is CN1CCN(c2nc3ncc(Br)cc3n(C=N)c2=N)CC1. The molecule has 2 aromatic rings. The van der Waals surface area contributed by atoms with Gasteiger partial charge >= 0.3 is 0 Å². The lowest BCUT2D eigenvalue weighted by atomic mass is 10.3. The van der Waals surface area contributed by atoms with Crippen molar-refractivity contribution in [2.75, 3.05) is 38.1 Å². The molecule has 0 saturated carbocycles. The first-order valence-corrected chi connectivity index (χ1v) is 7.46. The van der Waals surface area contributed by atoms with Crippen molar-refractivity contribution in [3.8, 4) is 0 Å². The van der Waals surface area contributed by atoms with E-state index in [2.05, 4.69) is 42.7 Å². The summed E-state index contributed by atoms with van der Waals surface area (Å²) in [6.07, 6.45) is 2.82. The van der Waals surface area contributed by atoms with Crippen LogP contribution < -0.4 is 10.4 Å². The van der Waals surface area contributed by atoms with E-state index in [-0.39, 0.29) is 5.49 Å². The normalized spacial score (nSPS) is 16.4. The smallest absolute Gasteiger partial charge is 0.178 e. The Balaban J connectivity index is 2.16. The minimum Gasteiger partial charge on any atom is -0.351 e. The van der Waals surface area contributed by atoms with Gasteiger partial charge in [-0.15, -0.1) is 0 Å². The van der Waals surface area contributed by atoms with Crippen LogP contribution >= 0.6 is 15.9 Å². The van der Waals surface area contributed by atoms with Crippen molar-refractivity contribution >= 4 is 39.3 Å². The molecule has 1 saturated heterocycles. The highest BCUT2D eigenvalue weighted by atomic mass is 79.9. The van der Waals surface area contributed by atoms with Gasteiger partial charge in [0.1, 0.15) is 0 Å². The van der Waals surface area contributed by atoms with Gasteiger partial charge in [-0.3, -0.25) is 15.4 Å². The molecule has 2 aromatic heterocycles. The van der Waals surface area contributed by atoms with E-state index in [0.717, 1.165) is 37.0 Å². The molecule has 0 amide bonds. The number of pyridine rings is 1. The van der Waals surface area contributed by atoms with Gasteiger partial charge in [-0.25, -0.2) is 9.97 Å². The summed E-state index contributed by atoms with van der Waals surface area (Å²) in [5.74, 6) is 0.592. The molecule has 1 aliphatic rings. The zero-order valence-electron chi connectivity index (χ0n) is 11.7. The molecule has 3 heterocycles. The lowest BCUT2D eigenvalue weighted by molar-refractivity contribution is 0.311. The van der Waals surface area contributed by atoms with Crippen LogP contribution in [0.1, 0.15) is 0 Å². The third-order valence-corrected chi connectivity index (χ3v) is 4.10. The number of hydrogen-bond donors (Lipinski definition) is 2. The minimum atomic E-state index is 0.224. The Morgan fingerprint density at radius 2 is 2.00 bits per heavy atom. The first-order chi connectivity index (χ1) is 10.1. The monoisotopic (exact) mass is 349 g/mol. The van der Waals surface area contributed by atoms with Crippen molar-refractivity contribution in [2.24, 2.45) is 0 Å². The first kappa shape index (κ1) is 14.2. The summed E-state index contributed by atoms with van der Waals surface area (Å²) >= 11 is 3.37. The summed E-state index contributed by atoms with van der Waals surface area (Å²) in [4.78, 5) is 13.2. The van der Waals surface area contributed by atoms with Crippen molar-refractivity contribution in [2.45, 2.75) is 0 Å². The van der Waals surface area contributed by atoms with Crippen LogP contribution in [0.2, 0.25) is 0 Å². The maximum atomic E-state index is 8.34. The van der Waals surface area contributed by atoms with E-state index in [9.17, 15) is 0 Å². The number of nitrogens with one attached hydrogen (secondary N) is 2. The molecule has 110 valence electrons. The Kier molecular flexibility index (Phi) is 3.73. The number of hydrogen-bond acceptors (Lipinski definition) is 6. The molecule has 8 heteroatoms. The third kappa shape index (κ3) is 2.56. The summed E-state index contributed by atoms with van der Waals surface area (Å²) in [6.45, 7) is 3.54. The molecule has 0 radical (unpaired) electrons. The van der Waals surface area contributed by atoms with E-state index in [1.807, 2.05) is 6.07 Å². The predicted molar refractivity (Wildman–Crippen MR) is 85.0 cm³/mol. The van der Waals surface area contributed by atoms with Crippen molar-refractivity contribution in [1.82, 2.24) is 19.4 Å². The molecular weight excluding hydrogens is 334 g/mol. The number of halogens is 1. The van der Waals surface area contributed by atoms with Crippen molar-refractivity contribution in [3.63, 3.8) is 0 Å². The Hall–Kier alpha value is -1.80.